The lowest BCUT2D eigenvalue weighted by molar-refractivity contribution is 0.0698. The van der Waals surface area contributed by atoms with Crippen LogP contribution in [-0.4, -0.2) is 42.7 Å². The SMILES string of the molecule is COc1ccc(C(=O)O)c(NC(=O)N(C)CCC(C)C)c1. The number of anilines is 1. The number of benzene rings is 1. The summed E-state index contributed by atoms with van der Waals surface area (Å²) in [4.78, 5) is 24.8. The van der Waals surface area contributed by atoms with Crippen LogP contribution in [-0.2, 0) is 0 Å². The van der Waals surface area contributed by atoms with E-state index in [1.165, 1.54) is 24.1 Å². The number of ether oxygens (including phenoxy) is 1. The fraction of sp³-hybridized carbons (Fsp3) is 0.467. The summed E-state index contributed by atoms with van der Waals surface area (Å²) in [5.74, 6) is -0.121. The molecule has 2 amide bonds. The van der Waals surface area contributed by atoms with Gasteiger partial charge in [-0.2, -0.15) is 0 Å². The molecule has 0 spiro atoms. The number of urea groups is 1. The molecule has 0 unspecified atom stereocenters. The topological polar surface area (TPSA) is 78.9 Å². The number of carboxylic acid groups (broad SMARTS) is 1. The average molecular weight is 294 g/mol. The number of carbonyl (C=O) groups is 2. The Morgan fingerprint density at radius 2 is 2.05 bits per heavy atom. The first-order valence-corrected chi connectivity index (χ1v) is 6.78. The molecule has 21 heavy (non-hydrogen) atoms. The van der Waals surface area contributed by atoms with Crippen molar-refractivity contribution in [3.63, 3.8) is 0 Å². The van der Waals surface area contributed by atoms with Gasteiger partial charge in [0.05, 0.1) is 18.4 Å². The second-order valence-corrected chi connectivity index (χ2v) is 5.25. The molecule has 0 aliphatic rings. The Morgan fingerprint density at radius 1 is 1.38 bits per heavy atom. The quantitative estimate of drug-likeness (QED) is 0.845. The molecule has 116 valence electrons. The van der Waals surface area contributed by atoms with E-state index < -0.39 is 5.97 Å². The first kappa shape index (κ1) is 16.8. The molecular weight excluding hydrogens is 272 g/mol. The third kappa shape index (κ3) is 4.98. The number of carbonyl (C=O) groups excluding carboxylic acids is 1. The molecule has 0 saturated heterocycles. The van der Waals surface area contributed by atoms with Crippen LogP contribution < -0.4 is 10.1 Å². The Kier molecular flexibility index (Phi) is 6.02. The van der Waals surface area contributed by atoms with Crippen LogP contribution >= 0.6 is 0 Å². The Morgan fingerprint density at radius 3 is 2.57 bits per heavy atom. The van der Waals surface area contributed by atoms with Crippen molar-refractivity contribution in [2.45, 2.75) is 20.3 Å². The van der Waals surface area contributed by atoms with E-state index >= 15 is 0 Å². The molecule has 0 atom stereocenters. The van der Waals surface area contributed by atoms with Gasteiger partial charge in [0.1, 0.15) is 5.75 Å². The highest BCUT2D eigenvalue weighted by Gasteiger charge is 2.16. The first-order valence-electron chi connectivity index (χ1n) is 6.78. The highest BCUT2D eigenvalue weighted by Crippen LogP contribution is 2.23. The maximum absolute atomic E-state index is 12.1. The van der Waals surface area contributed by atoms with E-state index in [0.717, 1.165) is 6.42 Å². The maximum atomic E-state index is 12.1. The van der Waals surface area contributed by atoms with Crippen molar-refractivity contribution in [2.75, 3.05) is 26.0 Å². The number of rotatable bonds is 6. The normalized spacial score (nSPS) is 10.3. The Hall–Kier alpha value is -2.24. The number of aromatic carboxylic acids is 1. The van der Waals surface area contributed by atoms with Gasteiger partial charge in [-0.1, -0.05) is 13.8 Å². The average Bonchev–Trinajstić information content (AvgIpc) is 2.43. The number of amides is 2. The lowest BCUT2D eigenvalue weighted by Gasteiger charge is -2.20. The molecule has 0 heterocycles. The molecule has 1 aromatic carbocycles. The van der Waals surface area contributed by atoms with Crippen molar-refractivity contribution in [1.82, 2.24) is 4.90 Å². The molecule has 0 fully saturated rings. The summed E-state index contributed by atoms with van der Waals surface area (Å²) >= 11 is 0. The van der Waals surface area contributed by atoms with Gasteiger partial charge in [0.25, 0.3) is 0 Å². The number of methoxy groups -OCH3 is 1. The molecule has 2 N–H and O–H groups in total. The minimum atomic E-state index is -1.10. The minimum absolute atomic E-state index is 0.0291. The predicted octanol–water partition coefficient (Wildman–Crippen LogP) is 2.90. The van der Waals surface area contributed by atoms with Crippen molar-refractivity contribution in [2.24, 2.45) is 5.92 Å². The smallest absolute Gasteiger partial charge is 0.337 e. The van der Waals surface area contributed by atoms with Crippen LogP contribution in [0.25, 0.3) is 0 Å². The van der Waals surface area contributed by atoms with Crippen molar-refractivity contribution in [1.29, 1.82) is 0 Å². The number of hydrogen-bond acceptors (Lipinski definition) is 3. The predicted molar refractivity (Wildman–Crippen MR) is 81.1 cm³/mol. The summed E-state index contributed by atoms with van der Waals surface area (Å²) in [6, 6.07) is 4.11. The standard InChI is InChI=1S/C15H22N2O4/c1-10(2)7-8-17(3)15(20)16-13-9-11(21-4)5-6-12(13)14(18)19/h5-6,9-10H,7-8H2,1-4H3,(H,16,20)(H,18,19). The summed E-state index contributed by atoms with van der Waals surface area (Å²) in [6.07, 6.45) is 0.883. The molecule has 1 rings (SSSR count). The Labute approximate surface area is 124 Å². The van der Waals surface area contributed by atoms with Gasteiger partial charge in [0.15, 0.2) is 0 Å². The zero-order valence-corrected chi connectivity index (χ0v) is 12.8. The highest BCUT2D eigenvalue weighted by molar-refractivity contribution is 6.00. The number of nitrogens with zero attached hydrogens (tertiary/aromatic N) is 1. The molecule has 0 aromatic heterocycles. The summed E-state index contributed by atoms with van der Waals surface area (Å²) in [5, 5.41) is 11.8. The number of carboxylic acids is 1. The lowest BCUT2D eigenvalue weighted by atomic mass is 10.1. The van der Waals surface area contributed by atoms with Crippen LogP contribution in [0.3, 0.4) is 0 Å². The Bertz CT molecular complexity index is 514. The van der Waals surface area contributed by atoms with Crippen LogP contribution in [0.2, 0.25) is 0 Å². The second-order valence-electron chi connectivity index (χ2n) is 5.25. The van der Waals surface area contributed by atoms with Gasteiger partial charge >= 0.3 is 12.0 Å². The second kappa shape index (κ2) is 7.52. The summed E-state index contributed by atoms with van der Waals surface area (Å²) in [7, 11) is 3.16. The largest absolute Gasteiger partial charge is 0.497 e. The van der Waals surface area contributed by atoms with Crippen LogP contribution in [0.4, 0.5) is 10.5 Å². The molecule has 6 heteroatoms. The van der Waals surface area contributed by atoms with Crippen molar-refractivity contribution >= 4 is 17.7 Å². The zero-order chi connectivity index (χ0) is 16.0. The van der Waals surface area contributed by atoms with Crippen molar-refractivity contribution < 1.29 is 19.4 Å². The van der Waals surface area contributed by atoms with E-state index in [9.17, 15) is 9.59 Å². The lowest BCUT2D eigenvalue weighted by Crippen LogP contribution is -2.33. The zero-order valence-electron chi connectivity index (χ0n) is 12.8. The van der Waals surface area contributed by atoms with Crippen molar-refractivity contribution in [3.8, 4) is 5.75 Å². The Balaban J connectivity index is 2.85. The van der Waals surface area contributed by atoms with Gasteiger partial charge in [-0.3, -0.25) is 0 Å². The number of hydrogen-bond donors (Lipinski definition) is 2. The fourth-order valence-electron chi connectivity index (χ4n) is 1.70. The number of nitrogens with one attached hydrogen (secondary N) is 1. The van der Waals surface area contributed by atoms with E-state index in [1.54, 1.807) is 13.1 Å². The van der Waals surface area contributed by atoms with E-state index in [-0.39, 0.29) is 17.3 Å². The molecule has 0 radical (unpaired) electrons. The summed E-state index contributed by atoms with van der Waals surface area (Å²) in [6.45, 7) is 4.77. The molecule has 6 nitrogen and oxygen atoms in total. The summed E-state index contributed by atoms with van der Waals surface area (Å²) < 4.78 is 5.05. The third-order valence-corrected chi connectivity index (χ3v) is 3.09. The maximum Gasteiger partial charge on any atom is 0.337 e. The van der Waals surface area contributed by atoms with E-state index in [0.29, 0.717) is 18.2 Å². The molecule has 0 aliphatic heterocycles. The highest BCUT2D eigenvalue weighted by atomic mass is 16.5. The molecule has 1 aromatic rings. The summed E-state index contributed by atoms with van der Waals surface area (Å²) in [5.41, 5.74) is 0.254. The first-order chi connectivity index (χ1) is 9.85. The molecule has 0 bridgehead atoms. The van der Waals surface area contributed by atoms with Gasteiger partial charge < -0.3 is 20.1 Å². The van der Waals surface area contributed by atoms with Gasteiger partial charge in [-0.05, 0) is 24.5 Å². The monoisotopic (exact) mass is 294 g/mol. The molecule has 0 saturated carbocycles. The van der Waals surface area contributed by atoms with Gasteiger partial charge in [-0.15, -0.1) is 0 Å². The van der Waals surface area contributed by atoms with Gasteiger partial charge in [0, 0.05) is 19.7 Å². The van der Waals surface area contributed by atoms with Gasteiger partial charge in [-0.25, -0.2) is 9.59 Å². The fourth-order valence-corrected chi connectivity index (χ4v) is 1.70. The van der Waals surface area contributed by atoms with Crippen molar-refractivity contribution in [3.05, 3.63) is 23.8 Å². The van der Waals surface area contributed by atoms with Crippen LogP contribution in [0.1, 0.15) is 30.6 Å². The van der Waals surface area contributed by atoms with Gasteiger partial charge in [0.2, 0.25) is 0 Å². The van der Waals surface area contributed by atoms with E-state index in [1.807, 2.05) is 0 Å². The molecular formula is C15H22N2O4. The van der Waals surface area contributed by atoms with E-state index in [2.05, 4.69) is 19.2 Å². The molecule has 0 aliphatic carbocycles. The minimum Gasteiger partial charge on any atom is -0.497 e. The third-order valence-electron chi connectivity index (χ3n) is 3.09. The van der Waals surface area contributed by atoms with Crippen LogP contribution in [0.15, 0.2) is 18.2 Å². The van der Waals surface area contributed by atoms with Crippen LogP contribution in [0, 0.1) is 5.92 Å². The van der Waals surface area contributed by atoms with Crippen LogP contribution in [0.5, 0.6) is 5.75 Å². The van der Waals surface area contributed by atoms with E-state index in [4.69, 9.17) is 9.84 Å².